The number of alkyl halides is 3. The SMILES string of the molecule is Oc1ccccc1-c1nc(-c2cccc(C(F)(F)F)c2)c(-c2ccccc2)[nH]1. The first-order chi connectivity index (χ1) is 13.4. The first kappa shape index (κ1) is 17.9. The molecule has 0 amide bonds. The van der Waals surface area contributed by atoms with Crippen LogP contribution in [0.15, 0.2) is 78.9 Å². The summed E-state index contributed by atoms with van der Waals surface area (Å²) in [5.41, 5.74) is 1.82. The smallest absolute Gasteiger partial charge is 0.416 e. The molecule has 6 heteroatoms. The van der Waals surface area contributed by atoms with Crippen LogP contribution in [0.2, 0.25) is 0 Å². The standard InChI is InChI=1S/C22H15F3N2O/c23-22(24,25)16-10-6-9-15(13-16)20-19(14-7-2-1-3-8-14)26-21(27-20)17-11-4-5-12-18(17)28/h1-13,28H,(H,26,27). The summed E-state index contributed by atoms with van der Waals surface area (Å²) in [6.45, 7) is 0. The molecule has 0 aliphatic heterocycles. The largest absolute Gasteiger partial charge is 0.507 e. The second-order valence-corrected chi connectivity index (χ2v) is 6.27. The molecule has 4 aromatic rings. The highest BCUT2D eigenvalue weighted by Gasteiger charge is 2.31. The lowest BCUT2D eigenvalue weighted by Gasteiger charge is -2.08. The topological polar surface area (TPSA) is 48.9 Å². The molecule has 0 saturated heterocycles. The minimum absolute atomic E-state index is 0.0338. The van der Waals surface area contributed by atoms with Crippen molar-refractivity contribution in [1.29, 1.82) is 0 Å². The van der Waals surface area contributed by atoms with Gasteiger partial charge in [0, 0.05) is 11.1 Å². The third-order valence-corrected chi connectivity index (χ3v) is 4.39. The van der Waals surface area contributed by atoms with Crippen LogP contribution in [0.1, 0.15) is 5.56 Å². The predicted molar refractivity (Wildman–Crippen MR) is 102 cm³/mol. The van der Waals surface area contributed by atoms with Crippen LogP contribution in [0.4, 0.5) is 13.2 Å². The number of imidazole rings is 1. The maximum atomic E-state index is 13.2. The molecule has 0 bridgehead atoms. The molecule has 0 aliphatic rings. The number of phenols is 1. The second kappa shape index (κ2) is 6.88. The number of hydrogen-bond acceptors (Lipinski definition) is 2. The predicted octanol–water partition coefficient (Wildman–Crippen LogP) is 6.14. The lowest BCUT2D eigenvalue weighted by molar-refractivity contribution is -0.137. The molecule has 4 rings (SSSR count). The fourth-order valence-corrected chi connectivity index (χ4v) is 3.04. The molecule has 3 aromatic carbocycles. The van der Waals surface area contributed by atoms with Gasteiger partial charge in [-0.3, -0.25) is 0 Å². The van der Waals surface area contributed by atoms with Gasteiger partial charge in [-0.05, 0) is 24.3 Å². The fourth-order valence-electron chi connectivity index (χ4n) is 3.04. The van der Waals surface area contributed by atoms with Crippen LogP contribution in [0, 0.1) is 0 Å². The number of benzene rings is 3. The number of aromatic hydroxyl groups is 1. The van der Waals surface area contributed by atoms with Gasteiger partial charge < -0.3 is 10.1 Å². The molecule has 2 N–H and O–H groups in total. The van der Waals surface area contributed by atoms with Crippen molar-refractivity contribution in [2.24, 2.45) is 0 Å². The Balaban J connectivity index is 1.93. The molecule has 0 spiro atoms. The van der Waals surface area contributed by atoms with Gasteiger partial charge in [0.15, 0.2) is 0 Å². The van der Waals surface area contributed by atoms with Crippen LogP contribution in [0.3, 0.4) is 0 Å². The molecule has 0 saturated carbocycles. The molecule has 0 aliphatic carbocycles. The summed E-state index contributed by atoms with van der Waals surface area (Å²) in [5.74, 6) is 0.413. The van der Waals surface area contributed by atoms with Crippen LogP contribution in [-0.4, -0.2) is 15.1 Å². The van der Waals surface area contributed by atoms with Crippen LogP contribution in [-0.2, 0) is 6.18 Å². The van der Waals surface area contributed by atoms with E-state index in [-0.39, 0.29) is 5.75 Å². The fraction of sp³-hybridized carbons (Fsp3) is 0.0455. The van der Waals surface area contributed by atoms with E-state index in [2.05, 4.69) is 9.97 Å². The highest BCUT2D eigenvalue weighted by atomic mass is 19.4. The van der Waals surface area contributed by atoms with E-state index in [1.165, 1.54) is 12.1 Å². The van der Waals surface area contributed by atoms with Crippen LogP contribution >= 0.6 is 0 Å². The highest BCUT2D eigenvalue weighted by molar-refractivity contribution is 5.82. The number of nitrogens with one attached hydrogen (secondary N) is 1. The monoisotopic (exact) mass is 380 g/mol. The van der Waals surface area contributed by atoms with Crippen molar-refractivity contribution in [1.82, 2.24) is 9.97 Å². The van der Waals surface area contributed by atoms with Gasteiger partial charge in [-0.25, -0.2) is 4.98 Å². The maximum absolute atomic E-state index is 13.2. The van der Waals surface area contributed by atoms with Gasteiger partial charge >= 0.3 is 6.18 Å². The summed E-state index contributed by atoms with van der Waals surface area (Å²) in [7, 11) is 0. The zero-order valence-electron chi connectivity index (χ0n) is 14.5. The van der Waals surface area contributed by atoms with Crippen molar-refractivity contribution in [2.75, 3.05) is 0 Å². The Labute approximate surface area is 159 Å². The lowest BCUT2D eigenvalue weighted by atomic mass is 10.0. The van der Waals surface area contributed by atoms with Crippen molar-refractivity contribution in [3.8, 4) is 39.7 Å². The molecular formula is C22H15F3N2O. The van der Waals surface area contributed by atoms with Gasteiger partial charge in [-0.2, -0.15) is 13.2 Å². The Bertz CT molecular complexity index is 1120. The minimum Gasteiger partial charge on any atom is -0.507 e. The molecule has 3 nitrogen and oxygen atoms in total. The van der Waals surface area contributed by atoms with Crippen molar-refractivity contribution in [3.63, 3.8) is 0 Å². The summed E-state index contributed by atoms with van der Waals surface area (Å²) < 4.78 is 39.5. The van der Waals surface area contributed by atoms with Gasteiger partial charge in [0.05, 0.1) is 22.5 Å². The normalized spacial score (nSPS) is 11.5. The Morgan fingerprint density at radius 3 is 2.18 bits per heavy atom. The molecule has 1 heterocycles. The highest BCUT2D eigenvalue weighted by Crippen LogP contribution is 2.37. The number of hydrogen-bond donors (Lipinski definition) is 2. The first-order valence-corrected chi connectivity index (χ1v) is 8.55. The number of halogens is 3. The van der Waals surface area contributed by atoms with Crippen molar-refractivity contribution in [2.45, 2.75) is 6.18 Å². The lowest BCUT2D eigenvalue weighted by Crippen LogP contribution is -2.04. The Hall–Kier alpha value is -3.54. The molecule has 1 aromatic heterocycles. The molecule has 0 atom stereocenters. The molecular weight excluding hydrogens is 365 g/mol. The summed E-state index contributed by atoms with van der Waals surface area (Å²) in [4.78, 5) is 7.69. The Morgan fingerprint density at radius 1 is 0.786 bits per heavy atom. The first-order valence-electron chi connectivity index (χ1n) is 8.55. The average molecular weight is 380 g/mol. The van der Waals surface area contributed by atoms with Crippen LogP contribution in [0.5, 0.6) is 5.75 Å². The van der Waals surface area contributed by atoms with E-state index < -0.39 is 11.7 Å². The summed E-state index contributed by atoms with van der Waals surface area (Å²) in [6.07, 6.45) is -4.44. The number of rotatable bonds is 3. The molecule has 140 valence electrons. The Kier molecular flexibility index (Phi) is 4.39. The number of H-pyrrole nitrogens is 1. The zero-order valence-corrected chi connectivity index (χ0v) is 14.5. The van der Waals surface area contributed by atoms with Gasteiger partial charge in [0.25, 0.3) is 0 Å². The molecule has 28 heavy (non-hydrogen) atoms. The summed E-state index contributed by atoms with van der Waals surface area (Å²) >= 11 is 0. The van der Waals surface area contributed by atoms with Crippen molar-refractivity contribution in [3.05, 3.63) is 84.4 Å². The van der Waals surface area contributed by atoms with Crippen LogP contribution in [0.25, 0.3) is 33.9 Å². The van der Waals surface area contributed by atoms with E-state index in [0.29, 0.717) is 28.3 Å². The molecule has 0 fully saturated rings. The van der Waals surface area contributed by atoms with Gasteiger partial charge in [-0.1, -0.05) is 54.6 Å². The van der Waals surface area contributed by atoms with E-state index in [1.807, 2.05) is 30.3 Å². The van der Waals surface area contributed by atoms with E-state index in [9.17, 15) is 18.3 Å². The van der Waals surface area contributed by atoms with E-state index >= 15 is 0 Å². The number of aromatic amines is 1. The average Bonchev–Trinajstić information content (AvgIpc) is 3.14. The quantitative estimate of drug-likeness (QED) is 0.449. The number of nitrogens with zero attached hydrogens (tertiary/aromatic N) is 1. The van der Waals surface area contributed by atoms with Crippen molar-refractivity contribution >= 4 is 0 Å². The van der Waals surface area contributed by atoms with Crippen molar-refractivity contribution < 1.29 is 18.3 Å². The van der Waals surface area contributed by atoms with Gasteiger partial charge in [0.2, 0.25) is 0 Å². The van der Waals surface area contributed by atoms with E-state index in [1.54, 1.807) is 24.3 Å². The number of para-hydroxylation sites is 1. The number of phenolic OH excluding ortho intramolecular Hbond substituents is 1. The molecule has 0 unspecified atom stereocenters. The van der Waals surface area contributed by atoms with E-state index in [0.717, 1.165) is 17.7 Å². The maximum Gasteiger partial charge on any atom is 0.416 e. The van der Waals surface area contributed by atoms with Gasteiger partial charge in [-0.15, -0.1) is 0 Å². The second-order valence-electron chi connectivity index (χ2n) is 6.27. The third-order valence-electron chi connectivity index (χ3n) is 4.39. The number of aromatic nitrogens is 2. The summed E-state index contributed by atoms with van der Waals surface area (Å²) in [5, 5.41) is 10.1. The minimum atomic E-state index is -4.44. The molecule has 0 radical (unpaired) electrons. The van der Waals surface area contributed by atoms with E-state index in [4.69, 9.17) is 0 Å². The van der Waals surface area contributed by atoms with Crippen LogP contribution < -0.4 is 0 Å². The summed E-state index contributed by atoms with van der Waals surface area (Å²) in [6, 6.07) is 21.0. The zero-order chi connectivity index (χ0) is 19.7. The van der Waals surface area contributed by atoms with Gasteiger partial charge in [0.1, 0.15) is 11.6 Å². The third kappa shape index (κ3) is 3.36. The Morgan fingerprint density at radius 2 is 1.46 bits per heavy atom.